The molecule has 1 aliphatic rings. The Bertz CT molecular complexity index is 658. The lowest BCUT2D eigenvalue weighted by atomic mass is 9.98. The number of hydrogen-bond donors (Lipinski definition) is 2. The summed E-state index contributed by atoms with van der Waals surface area (Å²) in [5, 5.41) is 8.88. The van der Waals surface area contributed by atoms with Crippen LogP contribution in [0.3, 0.4) is 0 Å². The van der Waals surface area contributed by atoms with Crippen molar-refractivity contribution in [2.24, 2.45) is 4.99 Å². The number of imidazole rings is 1. The minimum Gasteiger partial charge on any atom is -0.355 e. The van der Waals surface area contributed by atoms with Gasteiger partial charge < -0.3 is 10.6 Å². The fourth-order valence-corrected chi connectivity index (χ4v) is 3.89. The number of thiazole rings is 1. The number of aliphatic imine (C=N–C) groups is 1. The van der Waals surface area contributed by atoms with Crippen molar-refractivity contribution in [1.29, 1.82) is 0 Å². The first-order chi connectivity index (χ1) is 11.6. The molecule has 1 saturated heterocycles. The fourth-order valence-electron chi connectivity index (χ4n) is 3.17. The van der Waals surface area contributed by atoms with Crippen LogP contribution in [0.15, 0.2) is 22.8 Å². The zero-order valence-electron chi connectivity index (χ0n) is 15.3. The topological polar surface area (TPSA) is 57.0 Å². The molecule has 140 valence electrons. The Hall–Kier alpha value is -0.870. The highest BCUT2D eigenvalue weighted by Gasteiger charge is 2.27. The lowest BCUT2D eigenvalue weighted by molar-refractivity contribution is 0.0982. The molecule has 8 heteroatoms. The first kappa shape index (κ1) is 20.4. The molecule has 0 amide bonds. The van der Waals surface area contributed by atoms with E-state index in [1.807, 2.05) is 18.6 Å². The van der Waals surface area contributed by atoms with E-state index in [0.29, 0.717) is 6.54 Å². The fraction of sp³-hybridized carbons (Fsp3) is 0.647. The second-order valence-electron chi connectivity index (χ2n) is 6.96. The molecule has 0 radical (unpaired) electrons. The predicted molar refractivity (Wildman–Crippen MR) is 116 cm³/mol. The average molecular weight is 476 g/mol. The van der Waals surface area contributed by atoms with Gasteiger partial charge in [0, 0.05) is 36.9 Å². The van der Waals surface area contributed by atoms with Gasteiger partial charge in [-0.05, 0) is 39.8 Å². The summed E-state index contributed by atoms with van der Waals surface area (Å²) >= 11 is 1.65. The molecule has 2 N–H and O–H groups in total. The predicted octanol–water partition coefficient (Wildman–Crippen LogP) is 2.94. The van der Waals surface area contributed by atoms with Crippen LogP contribution in [-0.2, 0) is 6.54 Å². The normalized spacial score (nSPS) is 16.7. The maximum absolute atomic E-state index is 4.59. The van der Waals surface area contributed by atoms with Gasteiger partial charge in [-0.25, -0.2) is 4.98 Å². The molecule has 6 nitrogen and oxygen atoms in total. The van der Waals surface area contributed by atoms with Crippen LogP contribution in [0.2, 0.25) is 0 Å². The Morgan fingerprint density at radius 2 is 2.04 bits per heavy atom. The summed E-state index contributed by atoms with van der Waals surface area (Å²) in [4.78, 5) is 12.5. The average Bonchev–Trinajstić information content (AvgIpc) is 3.17. The van der Waals surface area contributed by atoms with Crippen LogP contribution >= 0.6 is 35.3 Å². The number of likely N-dealkylation sites (tertiary alicyclic amines) is 1. The lowest BCUT2D eigenvalue weighted by Crippen LogP contribution is -2.54. The molecule has 0 bridgehead atoms. The zero-order chi connectivity index (χ0) is 17.0. The highest BCUT2D eigenvalue weighted by molar-refractivity contribution is 14.0. The van der Waals surface area contributed by atoms with Crippen LogP contribution in [-0.4, -0.2) is 52.5 Å². The molecule has 1 aliphatic heterocycles. The minimum atomic E-state index is 0. The molecular formula is C17H29IN6S. The van der Waals surface area contributed by atoms with Crippen molar-refractivity contribution in [3.8, 4) is 0 Å². The first-order valence-corrected chi connectivity index (χ1v) is 9.57. The van der Waals surface area contributed by atoms with Crippen molar-refractivity contribution in [3.63, 3.8) is 0 Å². The number of nitrogens with one attached hydrogen (secondary N) is 2. The third-order valence-electron chi connectivity index (χ3n) is 4.70. The second-order valence-corrected chi connectivity index (χ2v) is 7.84. The smallest absolute Gasteiger partial charge is 0.193 e. The number of hydrogen-bond acceptors (Lipinski definition) is 4. The van der Waals surface area contributed by atoms with Crippen molar-refractivity contribution in [2.45, 2.75) is 45.2 Å². The summed E-state index contributed by atoms with van der Waals surface area (Å²) in [7, 11) is 1.81. The van der Waals surface area contributed by atoms with Crippen molar-refractivity contribution in [1.82, 2.24) is 24.9 Å². The molecule has 3 rings (SSSR count). The van der Waals surface area contributed by atoms with E-state index in [1.165, 1.54) is 32.4 Å². The number of fused-ring (bicyclic) bond motifs is 1. The van der Waals surface area contributed by atoms with Crippen LogP contribution in [0.4, 0.5) is 0 Å². The van der Waals surface area contributed by atoms with Gasteiger partial charge >= 0.3 is 0 Å². The molecule has 2 aromatic heterocycles. The molecular weight excluding hydrogens is 447 g/mol. The number of guanidine groups is 1. The van der Waals surface area contributed by atoms with Crippen molar-refractivity contribution in [2.75, 3.05) is 26.7 Å². The molecule has 0 spiro atoms. The monoisotopic (exact) mass is 476 g/mol. The van der Waals surface area contributed by atoms with E-state index in [-0.39, 0.29) is 29.5 Å². The van der Waals surface area contributed by atoms with Gasteiger partial charge in [-0.3, -0.25) is 14.3 Å². The van der Waals surface area contributed by atoms with Crippen LogP contribution in [0.5, 0.6) is 0 Å². The van der Waals surface area contributed by atoms with Gasteiger partial charge in [0.2, 0.25) is 0 Å². The number of rotatable bonds is 5. The van der Waals surface area contributed by atoms with E-state index in [9.17, 15) is 0 Å². The number of piperidine rings is 1. The summed E-state index contributed by atoms with van der Waals surface area (Å²) in [5.41, 5.74) is 1.16. The molecule has 0 atom stereocenters. The Labute approximate surface area is 171 Å². The van der Waals surface area contributed by atoms with E-state index >= 15 is 0 Å². The summed E-state index contributed by atoms with van der Waals surface area (Å²) in [5.74, 6) is 0.830. The highest BCUT2D eigenvalue weighted by Crippen LogP contribution is 2.19. The van der Waals surface area contributed by atoms with Gasteiger partial charge in [0.05, 0.1) is 12.2 Å². The molecule has 0 unspecified atom stereocenters. The molecule has 0 saturated carbocycles. The van der Waals surface area contributed by atoms with E-state index in [2.05, 4.69) is 50.0 Å². The number of aromatic nitrogens is 2. The van der Waals surface area contributed by atoms with Gasteiger partial charge in [-0.2, -0.15) is 0 Å². The molecule has 3 heterocycles. The maximum atomic E-state index is 4.59. The lowest BCUT2D eigenvalue weighted by Gasteiger charge is -2.41. The first-order valence-electron chi connectivity index (χ1n) is 8.69. The summed E-state index contributed by atoms with van der Waals surface area (Å²) in [6.45, 7) is 8.57. The Balaban J connectivity index is 0.00000225. The van der Waals surface area contributed by atoms with Crippen LogP contribution in [0.1, 0.15) is 38.8 Å². The summed E-state index contributed by atoms with van der Waals surface area (Å²) < 4.78 is 2.05. The van der Waals surface area contributed by atoms with Crippen molar-refractivity contribution < 1.29 is 0 Å². The number of halogens is 1. The number of nitrogens with zero attached hydrogens (tertiary/aromatic N) is 4. The maximum Gasteiger partial charge on any atom is 0.193 e. The minimum absolute atomic E-state index is 0. The van der Waals surface area contributed by atoms with Gasteiger partial charge in [0.1, 0.15) is 0 Å². The second kappa shape index (κ2) is 9.18. The van der Waals surface area contributed by atoms with Crippen LogP contribution in [0, 0.1) is 0 Å². The Morgan fingerprint density at radius 1 is 1.28 bits per heavy atom. The van der Waals surface area contributed by atoms with Crippen molar-refractivity contribution in [3.05, 3.63) is 23.5 Å². The molecule has 25 heavy (non-hydrogen) atoms. The van der Waals surface area contributed by atoms with Gasteiger partial charge in [-0.15, -0.1) is 35.3 Å². The summed E-state index contributed by atoms with van der Waals surface area (Å²) in [6.07, 6.45) is 8.08. The van der Waals surface area contributed by atoms with E-state index < -0.39 is 0 Å². The van der Waals surface area contributed by atoms with E-state index in [0.717, 1.165) is 23.2 Å². The van der Waals surface area contributed by atoms with Gasteiger partial charge in [0.15, 0.2) is 10.9 Å². The van der Waals surface area contributed by atoms with Crippen molar-refractivity contribution >= 4 is 46.2 Å². The Kier molecular flexibility index (Phi) is 7.51. The zero-order valence-corrected chi connectivity index (χ0v) is 18.4. The van der Waals surface area contributed by atoms with E-state index in [1.54, 1.807) is 11.3 Å². The largest absolute Gasteiger partial charge is 0.355 e. The molecule has 0 aromatic carbocycles. The SMILES string of the molecule is CN=C(NCc1cn2ccsc2n1)NCC(C)(C)N1CCCCC1.I. The molecule has 2 aromatic rings. The van der Waals surface area contributed by atoms with E-state index in [4.69, 9.17) is 0 Å². The van der Waals surface area contributed by atoms with Crippen LogP contribution < -0.4 is 10.6 Å². The highest BCUT2D eigenvalue weighted by atomic mass is 127. The Morgan fingerprint density at radius 3 is 2.72 bits per heavy atom. The summed E-state index contributed by atoms with van der Waals surface area (Å²) in [6, 6.07) is 0. The van der Waals surface area contributed by atoms with Crippen LogP contribution in [0.25, 0.3) is 4.96 Å². The van der Waals surface area contributed by atoms with Gasteiger partial charge in [0.25, 0.3) is 0 Å². The molecule has 1 fully saturated rings. The van der Waals surface area contributed by atoms with Gasteiger partial charge in [-0.1, -0.05) is 6.42 Å². The molecule has 0 aliphatic carbocycles. The standard InChI is InChI=1S/C17H28N6S.HI/c1-17(2,23-7-5-4-6-8-23)13-20-15(18-3)19-11-14-12-22-9-10-24-16(22)21-14;/h9-10,12H,4-8,11,13H2,1-3H3,(H2,18,19,20);1H. The third-order valence-corrected chi connectivity index (χ3v) is 5.47. The quantitative estimate of drug-likeness (QED) is 0.396. The third kappa shape index (κ3) is 5.30.